The van der Waals surface area contributed by atoms with Crippen LogP contribution in [0.3, 0.4) is 0 Å². The number of amides is 2. The Balaban J connectivity index is 1.47. The molecule has 2 amide bonds. The van der Waals surface area contributed by atoms with Crippen LogP contribution < -0.4 is 14.8 Å². The minimum Gasteiger partial charge on any atom is -0.454 e. The first-order valence-corrected chi connectivity index (χ1v) is 9.06. The van der Waals surface area contributed by atoms with Crippen molar-refractivity contribution < 1.29 is 19.1 Å². The first-order valence-electron chi connectivity index (χ1n) is 9.06. The predicted octanol–water partition coefficient (Wildman–Crippen LogP) is 2.93. The molecule has 0 aliphatic carbocycles. The number of benzene rings is 1. The number of fused-ring (bicyclic) bond motifs is 1. The third kappa shape index (κ3) is 3.72. The summed E-state index contributed by atoms with van der Waals surface area (Å²) in [5.41, 5.74) is 1.28. The number of hydrogen-bond acceptors (Lipinski definition) is 5. The van der Waals surface area contributed by atoms with Crippen LogP contribution in [0.15, 0.2) is 36.5 Å². The van der Waals surface area contributed by atoms with Gasteiger partial charge < -0.3 is 19.7 Å². The first kappa shape index (κ1) is 17.3. The average Bonchev–Trinajstić information content (AvgIpc) is 3.16. The molecule has 0 spiro atoms. The van der Waals surface area contributed by atoms with Gasteiger partial charge in [-0.3, -0.25) is 14.6 Å². The summed E-state index contributed by atoms with van der Waals surface area (Å²) < 4.78 is 10.6. The van der Waals surface area contributed by atoms with Crippen molar-refractivity contribution in [2.75, 3.05) is 25.2 Å². The molecule has 2 aliphatic heterocycles. The summed E-state index contributed by atoms with van der Waals surface area (Å²) in [4.78, 5) is 31.2. The molecule has 3 heterocycles. The van der Waals surface area contributed by atoms with Crippen LogP contribution in [0.2, 0.25) is 0 Å². The van der Waals surface area contributed by atoms with Crippen LogP contribution in [0.25, 0.3) is 0 Å². The summed E-state index contributed by atoms with van der Waals surface area (Å²) in [6.07, 6.45) is 3.49. The third-order valence-corrected chi connectivity index (χ3v) is 4.94. The summed E-state index contributed by atoms with van der Waals surface area (Å²) in [6.45, 7) is 3.84. The molecule has 27 heavy (non-hydrogen) atoms. The fourth-order valence-corrected chi connectivity index (χ4v) is 3.24. The van der Waals surface area contributed by atoms with E-state index in [-0.39, 0.29) is 18.6 Å². The fourth-order valence-electron chi connectivity index (χ4n) is 3.24. The van der Waals surface area contributed by atoms with Gasteiger partial charge in [0.05, 0.1) is 0 Å². The summed E-state index contributed by atoms with van der Waals surface area (Å²) in [5, 5.41) is 2.81. The van der Waals surface area contributed by atoms with Crippen LogP contribution in [-0.2, 0) is 0 Å². The number of hydrogen-bond donors (Lipinski definition) is 1. The van der Waals surface area contributed by atoms with Gasteiger partial charge in [-0.25, -0.2) is 0 Å². The highest BCUT2D eigenvalue weighted by Crippen LogP contribution is 2.34. The average molecular weight is 367 g/mol. The largest absolute Gasteiger partial charge is 0.454 e. The predicted molar refractivity (Wildman–Crippen MR) is 99.1 cm³/mol. The summed E-state index contributed by atoms with van der Waals surface area (Å²) >= 11 is 0. The van der Waals surface area contributed by atoms with Gasteiger partial charge in [-0.15, -0.1) is 0 Å². The van der Waals surface area contributed by atoms with E-state index in [9.17, 15) is 9.59 Å². The molecule has 1 aromatic heterocycles. The van der Waals surface area contributed by atoms with Gasteiger partial charge in [0, 0.05) is 36.6 Å². The van der Waals surface area contributed by atoms with Gasteiger partial charge in [-0.2, -0.15) is 0 Å². The molecule has 7 heteroatoms. The van der Waals surface area contributed by atoms with Gasteiger partial charge in [0.2, 0.25) is 6.79 Å². The van der Waals surface area contributed by atoms with E-state index < -0.39 is 0 Å². The Bertz CT molecular complexity index is 875. The number of rotatable bonds is 3. The minimum atomic E-state index is -0.308. The van der Waals surface area contributed by atoms with Crippen molar-refractivity contribution in [2.45, 2.75) is 19.8 Å². The zero-order valence-corrected chi connectivity index (χ0v) is 15.1. The smallest absolute Gasteiger partial charge is 0.272 e. The molecule has 1 fully saturated rings. The molecular formula is C20H21N3O4. The number of piperidine rings is 1. The Hall–Kier alpha value is -3.09. The normalized spacial score (nSPS) is 16.3. The Labute approximate surface area is 157 Å². The van der Waals surface area contributed by atoms with E-state index in [1.807, 2.05) is 4.90 Å². The number of nitrogens with one attached hydrogen (secondary N) is 1. The second kappa shape index (κ2) is 7.26. The lowest BCUT2D eigenvalue weighted by Gasteiger charge is -2.30. The maximum absolute atomic E-state index is 12.7. The molecule has 1 N–H and O–H groups in total. The number of carbonyl (C=O) groups is 2. The fraction of sp³-hybridized carbons (Fsp3) is 0.350. The van der Waals surface area contributed by atoms with Gasteiger partial charge >= 0.3 is 0 Å². The highest BCUT2D eigenvalue weighted by molar-refractivity contribution is 6.05. The molecule has 2 aliphatic rings. The molecule has 1 saturated heterocycles. The van der Waals surface area contributed by atoms with E-state index in [0.717, 1.165) is 25.9 Å². The molecule has 2 aromatic rings. The van der Waals surface area contributed by atoms with Crippen LogP contribution in [0, 0.1) is 5.92 Å². The molecular weight excluding hydrogens is 346 g/mol. The Morgan fingerprint density at radius 2 is 1.89 bits per heavy atom. The SMILES string of the molecule is CC1CCN(C(=O)c2cc(C(=O)Nc3ccc4c(c3)OCO4)ccn2)CC1. The van der Waals surface area contributed by atoms with Crippen LogP contribution in [0.5, 0.6) is 11.5 Å². The van der Waals surface area contributed by atoms with Gasteiger partial charge in [0.1, 0.15) is 5.69 Å². The molecule has 7 nitrogen and oxygen atoms in total. The maximum atomic E-state index is 12.7. The van der Waals surface area contributed by atoms with Gasteiger partial charge in [-0.1, -0.05) is 6.92 Å². The molecule has 0 unspecified atom stereocenters. The minimum absolute atomic E-state index is 0.125. The van der Waals surface area contributed by atoms with Crippen LogP contribution >= 0.6 is 0 Å². The lowest BCUT2D eigenvalue weighted by Crippen LogP contribution is -2.38. The molecule has 0 atom stereocenters. The molecule has 4 rings (SSSR count). The highest BCUT2D eigenvalue weighted by atomic mass is 16.7. The van der Waals surface area contributed by atoms with E-state index in [2.05, 4.69) is 17.2 Å². The van der Waals surface area contributed by atoms with Crippen molar-refractivity contribution in [3.05, 3.63) is 47.8 Å². The number of anilines is 1. The first-order chi connectivity index (χ1) is 13.1. The second-order valence-corrected chi connectivity index (χ2v) is 6.93. The van der Waals surface area contributed by atoms with E-state index in [0.29, 0.717) is 34.4 Å². The Kier molecular flexibility index (Phi) is 4.66. The lowest BCUT2D eigenvalue weighted by atomic mass is 9.99. The van der Waals surface area contributed by atoms with E-state index >= 15 is 0 Å². The molecule has 140 valence electrons. The van der Waals surface area contributed by atoms with Crippen molar-refractivity contribution in [2.24, 2.45) is 5.92 Å². The van der Waals surface area contributed by atoms with Gasteiger partial charge in [0.15, 0.2) is 11.5 Å². The molecule has 0 saturated carbocycles. The number of carbonyl (C=O) groups excluding carboxylic acids is 2. The number of nitrogens with zero attached hydrogens (tertiary/aromatic N) is 2. The monoisotopic (exact) mass is 367 g/mol. The second-order valence-electron chi connectivity index (χ2n) is 6.93. The number of likely N-dealkylation sites (tertiary alicyclic amines) is 1. The lowest BCUT2D eigenvalue weighted by molar-refractivity contribution is 0.0691. The van der Waals surface area contributed by atoms with Gasteiger partial charge in [0.25, 0.3) is 11.8 Å². The van der Waals surface area contributed by atoms with Crippen LogP contribution in [0.1, 0.15) is 40.6 Å². The summed E-state index contributed by atoms with van der Waals surface area (Å²) in [6, 6.07) is 8.34. The van der Waals surface area contributed by atoms with Gasteiger partial charge in [-0.05, 0) is 43.0 Å². The zero-order valence-electron chi connectivity index (χ0n) is 15.1. The topological polar surface area (TPSA) is 80.8 Å². The van der Waals surface area contributed by atoms with Crippen LogP contribution in [-0.4, -0.2) is 41.6 Å². The van der Waals surface area contributed by atoms with Crippen molar-refractivity contribution in [3.63, 3.8) is 0 Å². The number of ether oxygens (including phenoxy) is 2. The summed E-state index contributed by atoms with van der Waals surface area (Å²) in [5.74, 6) is 1.45. The van der Waals surface area contributed by atoms with E-state index in [1.165, 1.54) is 6.20 Å². The molecule has 0 bridgehead atoms. The quantitative estimate of drug-likeness (QED) is 0.902. The zero-order chi connectivity index (χ0) is 18.8. The third-order valence-electron chi connectivity index (χ3n) is 4.94. The van der Waals surface area contributed by atoms with Crippen LogP contribution in [0.4, 0.5) is 5.69 Å². The summed E-state index contributed by atoms with van der Waals surface area (Å²) in [7, 11) is 0. The highest BCUT2D eigenvalue weighted by Gasteiger charge is 2.23. The standard InChI is InChI=1S/C20H21N3O4/c1-13-5-8-23(9-6-13)20(25)16-10-14(4-7-21-16)19(24)22-15-2-3-17-18(11-15)27-12-26-17/h2-4,7,10-11,13H,5-6,8-9,12H2,1H3,(H,22,24). The Morgan fingerprint density at radius 3 is 2.70 bits per heavy atom. The van der Waals surface area contributed by atoms with E-state index in [1.54, 1.807) is 30.3 Å². The maximum Gasteiger partial charge on any atom is 0.272 e. The number of aromatic nitrogens is 1. The number of pyridine rings is 1. The van der Waals surface area contributed by atoms with E-state index in [4.69, 9.17) is 9.47 Å². The molecule has 1 aromatic carbocycles. The van der Waals surface area contributed by atoms with Crippen molar-refractivity contribution in [1.82, 2.24) is 9.88 Å². The van der Waals surface area contributed by atoms with Crippen molar-refractivity contribution in [1.29, 1.82) is 0 Å². The molecule has 0 radical (unpaired) electrons. The van der Waals surface area contributed by atoms with Crippen molar-refractivity contribution >= 4 is 17.5 Å². The Morgan fingerprint density at radius 1 is 1.11 bits per heavy atom. The van der Waals surface area contributed by atoms with Crippen molar-refractivity contribution in [3.8, 4) is 11.5 Å².